The van der Waals surface area contributed by atoms with Gasteiger partial charge in [0.2, 0.25) is 0 Å². The number of hydrogen-bond acceptors (Lipinski definition) is 3. The Balaban J connectivity index is 2.37. The van der Waals surface area contributed by atoms with E-state index in [0.29, 0.717) is 18.1 Å². The molecule has 1 saturated heterocycles. The number of epoxide rings is 1. The van der Waals surface area contributed by atoms with Gasteiger partial charge in [0.05, 0.1) is 24.4 Å². The van der Waals surface area contributed by atoms with Gasteiger partial charge in [-0.05, 0) is 33.1 Å². The molecule has 0 bridgehead atoms. The molecule has 2 atom stereocenters. The number of hydrogen-bond donors (Lipinski definition) is 0. The molecule has 0 aliphatic carbocycles. The van der Waals surface area contributed by atoms with Crippen LogP contribution in [0.15, 0.2) is 0 Å². The Morgan fingerprint density at radius 1 is 1.40 bits per heavy atom. The van der Waals surface area contributed by atoms with Gasteiger partial charge in [-0.3, -0.25) is 4.84 Å². The third kappa shape index (κ3) is 4.49. The van der Waals surface area contributed by atoms with Crippen molar-refractivity contribution < 1.29 is 9.57 Å². The van der Waals surface area contributed by atoms with Gasteiger partial charge in [0, 0.05) is 7.05 Å². The molecule has 15 heavy (non-hydrogen) atoms. The monoisotopic (exact) mass is 215 g/mol. The van der Waals surface area contributed by atoms with Crippen molar-refractivity contribution in [1.29, 1.82) is 0 Å². The van der Waals surface area contributed by atoms with Gasteiger partial charge in [0.15, 0.2) is 0 Å². The van der Waals surface area contributed by atoms with Crippen LogP contribution in [0.5, 0.6) is 0 Å². The molecule has 1 aliphatic rings. The van der Waals surface area contributed by atoms with Crippen molar-refractivity contribution in [2.45, 2.75) is 58.8 Å². The summed E-state index contributed by atoms with van der Waals surface area (Å²) < 4.78 is 5.27. The molecule has 3 heteroatoms. The molecule has 1 fully saturated rings. The van der Waals surface area contributed by atoms with E-state index < -0.39 is 0 Å². The minimum Gasteiger partial charge on any atom is -0.371 e. The van der Waals surface area contributed by atoms with Crippen LogP contribution in [0.3, 0.4) is 0 Å². The van der Waals surface area contributed by atoms with Gasteiger partial charge in [0.1, 0.15) is 0 Å². The van der Waals surface area contributed by atoms with Crippen molar-refractivity contribution in [2.75, 3.05) is 13.7 Å². The maximum Gasteiger partial charge on any atom is 0.0985 e. The Hall–Kier alpha value is -0.120. The number of ether oxygens (including phenoxy) is 1. The van der Waals surface area contributed by atoms with E-state index >= 15 is 0 Å². The zero-order valence-electron chi connectivity index (χ0n) is 10.9. The number of nitrogens with zero attached hydrogens (tertiary/aromatic N) is 1. The van der Waals surface area contributed by atoms with Crippen LogP contribution >= 0.6 is 0 Å². The molecule has 2 unspecified atom stereocenters. The molecule has 0 spiro atoms. The van der Waals surface area contributed by atoms with Crippen LogP contribution in [0.25, 0.3) is 0 Å². The highest BCUT2D eigenvalue weighted by Crippen LogP contribution is 2.25. The average molecular weight is 215 g/mol. The SMILES string of the molecule is CC(C)CC(C)(C)ON(C)C(C)C1CO1. The van der Waals surface area contributed by atoms with Crippen LogP contribution in [0.4, 0.5) is 0 Å². The first-order valence-corrected chi connectivity index (χ1v) is 5.85. The van der Waals surface area contributed by atoms with Crippen LogP contribution < -0.4 is 0 Å². The molecule has 3 nitrogen and oxygen atoms in total. The van der Waals surface area contributed by atoms with Gasteiger partial charge in [-0.25, -0.2) is 0 Å². The van der Waals surface area contributed by atoms with E-state index in [2.05, 4.69) is 34.6 Å². The zero-order chi connectivity index (χ0) is 11.6. The van der Waals surface area contributed by atoms with E-state index in [4.69, 9.17) is 9.57 Å². The Morgan fingerprint density at radius 2 is 1.93 bits per heavy atom. The molecule has 0 saturated carbocycles. The highest BCUT2D eigenvalue weighted by atomic mass is 16.7. The van der Waals surface area contributed by atoms with Gasteiger partial charge < -0.3 is 4.74 Å². The third-order valence-corrected chi connectivity index (χ3v) is 2.76. The fraction of sp³-hybridized carbons (Fsp3) is 1.00. The Bertz CT molecular complexity index is 200. The summed E-state index contributed by atoms with van der Waals surface area (Å²) in [6.07, 6.45) is 1.43. The lowest BCUT2D eigenvalue weighted by molar-refractivity contribution is -0.245. The summed E-state index contributed by atoms with van der Waals surface area (Å²) in [6, 6.07) is 0.344. The van der Waals surface area contributed by atoms with Gasteiger partial charge >= 0.3 is 0 Å². The second-order valence-corrected chi connectivity index (χ2v) is 5.61. The van der Waals surface area contributed by atoms with Crippen molar-refractivity contribution in [3.63, 3.8) is 0 Å². The fourth-order valence-corrected chi connectivity index (χ4v) is 2.06. The number of rotatable bonds is 6. The molecule has 1 heterocycles. The van der Waals surface area contributed by atoms with Crippen molar-refractivity contribution in [3.8, 4) is 0 Å². The van der Waals surface area contributed by atoms with E-state index in [1.54, 1.807) is 0 Å². The van der Waals surface area contributed by atoms with Gasteiger partial charge in [-0.1, -0.05) is 13.8 Å². The van der Waals surface area contributed by atoms with Crippen LogP contribution in [0.2, 0.25) is 0 Å². The highest BCUT2D eigenvalue weighted by Gasteiger charge is 2.35. The van der Waals surface area contributed by atoms with E-state index in [0.717, 1.165) is 13.0 Å². The summed E-state index contributed by atoms with van der Waals surface area (Å²) >= 11 is 0. The summed E-state index contributed by atoms with van der Waals surface area (Å²) in [5.74, 6) is 0.654. The Labute approximate surface area is 93.7 Å². The quantitative estimate of drug-likeness (QED) is 0.502. The summed E-state index contributed by atoms with van der Waals surface area (Å²) in [5.41, 5.74) is -0.0912. The predicted octanol–water partition coefficient (Wildman–Crippen LogP) is 2.46. The third-order valence-electron chi connectivity index (χ3n) is 2.76. The minimum absolute atomic E-state index is 0.0912. The maximum atomic E-state index is 5.97. The molecule has 0 amide bonds. The summed E-state index contributed by atoms with van der Waals surface area (Å²) in [7, 11) is 1.99. The smallest absolute Gasteiger partial charge is 0.0985 e. The Kier molecular flexibility index (Phi) is 4.15. The second kappa shape index (κ2) is 4.81. The Morgan fingerprint density at radius 3 is 2.33 bits per heavy atom. The number of hydroxylamine groups is 2. The van der Waals surface area contributed by atoms with Gasteiger partial charge in [-0.2, -0.15) is 5.06 Å². The molecule has 0 N–H and O–H groups in total. The van der Waals surface area contributed by atoms with E-state index in [-0.39, 0.29) is 5.60 Å². The molecule has 0 aromatic rings. The highest BCUT2D eigenvalue weighted by molar-refractivity contribution is 4.80. The standard InChI is InChI=1S/C12H25NO2/c1-9(2)7-12(4,5)15-13(6)10(3)11-8-14-11/h9-11H,7-8H2,1-6H3. The molecular weight excluding hydrogens is 190 g/mol. The second-order valence-electron chi connectivity index (χ2n) is 5.61. The molecule has 0 radical (unpaired) electrons. The fourth-order valence-electron chi connectivity index (χ4n) is 2.06. The summed E-state index contributed by atoms with van der Waals surface area (Å²) in [5, 5.41) is 1.94. The molecule has 0 aromatic heterocycles. The van der Waals surface area contributed by atoms with Crippen molar-refractivity contribution >= 4 is 0 Å². The molecule has 0 aromatic carbocycles. The van der Waals surface area contributed by atoms with Crippen molar-refractivity contribution in [2.24, 2.45) is 5.92 Å². The molecule has 1 aliphatic heterocycles. The molecular formula is C12H25NO2. The zero-order valence-corrected chi connectivity index (χ0v) is 10.9. The van der Waals surface area contributed by atoms with Crippen LogP contribution in [0, 0.1) is 5.92 Å². The molecule has 90 valence electrons. The van der Waals surface area contributed by atoms with Crippen molar-refractivity contribution in [3.05, 3.63) is 0 Å². The lowest BCUT2D eigenvalue weighted by Crippen LogP contribution is -2.41. The predicted molar refractivity (Wildman–Crippen MR) is 61.6 cm³/mol. The first kappa shape index (κ1) is 12.9. The first-order valence-electron chi connectivity index (χ1n) is 5.85. The van der Waals surface area contributed by atoms with E-state index in [1.807, 2.05) is 12.1 Å². The minimum atomic E-state index is -0.0912. The normalized spacial score (nSPS) is 23.6. The van der Waals surface area contributed by atoms with Crippen LogP contribution in [0.1, 0.15) is 41.0 Å². The maximum absolute atomic E-state index is 5.97. The lowest BCUT2D eigenvalue weighted by Gasteiger charge is -2.34. The van der Waals surface area contributed by atoms with Gasteiger partial charge in [0.25, 0.3) is 0 Å². The summed E-state index contributed by atoms with van der Waals surface area (Å²) in [6.45, 7) is 11.7. The lowest BCUT2D eigenvalue weighted by atomic mass is 9.96. The van der Waals surface area contributed by atoms with E-state index in [1.165, 1.54) is 0 Å². The average Bonchev–Trinajstić information content (AvgIpc) is 2.80. The largest absolute Gasteiger partial charge is 0.371 e. The van der Waals surface area contributed by atoms with E-state index in [9.17, 15) is 0 Å². The van der Waals surface area contributed by atoms with Crippen LogP contribution in [-0.2, 0) is 9.57 Å². The topological polar surface area (TPSA) is 25.0 Å². The number of likely N-dealkylation sites (N-methyl/N-ethyl adjacent to an activating group) is 1. The van der Waals surface area contributed by atoms with Crippen molar-refractivity contribution in [1.82, 2.24) is 5.06 Å². The summed E-state index contributed by atoms with van der Waals surface area (Å²) in [4.78, 5) is 5.97. The van der Waals surface area contributed by atoms with Crippen LogP contribution in [-0.4, -0.2) is 36.5 Å². The molecule has 1 rings (SSSR count). The first-order chi connectivity index (χ1) is 6.82. The van der Waals surface area contributed by atoms with Gasteiger partial charge in [-0.15, -0.1) is 0 Å².